The van der Waals surface area contributed by atoms with Crippen molar-refractivity contribution in [3.63, 3.8) is 0 Å². The van der Waals surface area contributed by atoms with Crippen LogP contribution in [0.15, 0.2) is 24.3 Å². The number of ether oxygens (including phenoxy) is 1. The summed E-state index contributed by atoms with van der Waals surface area (Å²) in [4.78, 5) is 2.21. The van der Waals surface area contributed by atoms with Crippen LogP contribution in [0.1, 0.15) is 31.9 Å². The molecule has 0 amide bonds. The third-order valence-electron chi connectivity index (χ3n) is 2.79. The van der Waals surface area contributed by atoms with Crippen LogP contribution < -0.4 is 10.5 Å². The lowest BCUT2D eigenvalue weighted by atomic mass is 9.99. The number of hydrogen-bond acceptors (Lipinski definition) is 3. The van der Waals surface area contributed by atoms with Crippen molar-refractivity contribution in [1.29, 1.82) is 0 Å². The highest BCUT2D eigenvalue weighted by atomic mass is 16.5. The van der Waals surface area contributed by atoms with E-state index in [1.165, 1.54) is 5.56 Å². The molecule has 1 rings (SSSR count). The summed E-state index contributed by atoms with van der Waals surface area (Å²) in [5.41, 5.74) is 7.18. The van der Waals surface area contributed by atoms with Gasteiger partial charge in [-0.25, -0.2) is 0 Å². The van der Waals surface area contributed by atoms with Crippen molar-refractivity contribution < 1.29 is 4.74 Å². The Bertz CT molecular complexity index is 319. The minimum absolute atomic E-state index is 0.203. The molecule has 0 aromatic heterocycles. The van der Waals surface area contributed by atoms with Gasteiger partial charge < -0.3 is 15.4 Å². The average Bonchev–Trinajstić information content (AvgIpc) is 2.27. The second kappa shape index (κ2) is 6.62. The molecule has 96 valence electrons. The molecule has 1 aromatic carbocycles. The van der Waals surface area contributed by atoms with E-state index in [2.05, 4.69) is 31.1 Å². The lowest BCUT2D eigenvalue weighted by molar-refractivity contribution is 0.272. The van der Waals surface area contributed by atoms with Crippen LogP contribution >= 0.6 is 0 Å². The fourth-order valence-electron chi connectivity index (χ4n) is 1.95. The molecule has 0 heterocycles. The van der Waals surface area contributed by atoms with E-state index in [4.69, 9.17) is 10.5 Å². The molecule has 0 aliphatic carbocycles. The van der Waals surface area contributed by atoms with E-state index in [1.54, 1.807) is 0 Å². The molecular formula is C14H24N2O. The third kappa shape index (κ3) is 4.36. The standard InChI is InChI=1S/C14H24N2O/c1-5-17-13-8-6-12(7-9-13)14(16(3)4)10-11(2)15/h6-9,11,14H,5,10,15H2,1-4H3. The molecule has 0 aliphatic heterocycles. The molecule has 3 nitrogen and oxygen atoms in total. The van der Waals surface area contributed by atoms with Gasteiger partial charge in [0.25, 0.3) is 0 Å². The Labute approximate surface area is 105 Å². The zero-order valence-corrected chi connectivity index (χ0v) is 11.3. The molecule has 2 unspecified atom stereocenters. The third-order valence-corrected chi connectivity index (χ3v) is 2.79. The van der Waals surface area contributed by atoms with Crippen LogP contribution in [-0.2, 0) is 0 Å². The van der Waals surface area contributed by atoms with Crippen molar-refractivity contribution in [2.24, 2.45) is 5.73 Å². The summed E-state index contributed by atoms with van der Waals surface area (Å²) < 4.78 is 5.44. The summed E-state index contributed by atoms with van der Waals surface area (Å²) >= 11 is 0. The minimum atomic E-state index is 0.203. The van der Waals surface area contributed by atoms with Gasteiger partial charge in [-0.3, -0.25) is 0 Å². The molecule has 0 saturated carbocycles. The Morgan fingerprint density at radius 2 is 1.82 bits per heavy atom. The van der Waals surface area contributed by atoms with Gasteiger partial charge in [-0.2, -0.15) is 0 Å². The molecule has 2 N–H and O–H groups in total. The quantitative estimate of drug-likeness (QED) is 0.824. The summed E-state index contributed by atoms with van der Waals surface area (Å²) in [6.45, 7) is 4.74. The van der Waals surface area contributed by atoms with Crippen LogP contribution in [0.2, 0.25) is 0 Å². The maximum absolute atomic E-state index is 5.89. The van der Waals surface area contributed by atoms with Crippen molar-refractivity contribution >= 4 is 0 Å². The van der Waals surface area contributed by atoms with Gasteiger partial charge in [0.15, 0.2) is 0 Å². The molecular weight excluding hydrogens is 212 g/mol. The Morgan fingerprint density at radius 1 is 1.24 bits per heavy atom. The molecule has 1 aromatic rings. The summed E-state index contributed by atoms with van der Waals surface area (Å²) in [5.74, 6) is 0.926. The van der Waals surface area contributed by atoms with Crippen LogP contribution in [0.25, 0.3) is 0 Å². The minimum Gasteiger partial charge on any atom is -0.494 e. The van der Waals surface area contributed by atoms with Crippen molar-refractivity contribution in [3.8, 4) is 5.75 Å². The second-order valence-corrected chi connectivity index (χ2v) is 4.69. The highest BCUT2D eigenvalue weighted by molar-refractivity contribution is 5.29. The van der Waals surface area contributed by atoms with E-state index in [9.17, 15) is 0 Å². The summed E-state index contributed by atoms with van der Waals surface area (Å²) in [7, 11) is 4.17. The second-order valence-electron chi connectivity index (χ2n) is 4.69. The molecule has 0 saturated heterocycles. The van der Waals surface area contributed by atoms with E-state index < -0.39 is 0 Å². The predicted molar refractivity (Wildman–Crippen MR) is 72.3 cm³/mol. The lowest BCUT2D eigenvalue weighted by Gasteiger charge is -2.26. The number of rotatable bonds is 6. The monoisotopic (exact) mass is 236 g/mol. The summed E-state index contributed by atoms with van der Waals surface area (Å²) in [5, 5.41) is 0. The topological polar surface area (TPSA) is 38.5 Å². The first-order valence-corrected chi connectivity index (χ1v) is 6.19. The number of nitrogens with two attached hydrogens (primary N) is 1. The first-order valence-electron chi connectivity index (χ1n) is 6.19. The van der Waals surface area contributed by atoms with Gasteiger partial charge in [0.1, 0.15) is 5.75 Å². The van der Waals surface area contributed by atoms with Crippen molar-refractivity contribution in [3.05, 3.63) is 29.8 Å². The van der Waals surface area contributed by atoms with E-state index in [-0.39, 0.29) is 6.04 Å². The molecule has 0 bridgehead atoms. The van der Waals surface area contributed by atoms with Crippen LogP contribution in [0, 0.1) is 0 Å². The summed E-state index contributed by atoms with van der Waals surface area (Å²) in [6, 6.07) is 8.86. The molecule has 0 aliphatic rings. The largest absolute Gasteiger partial charge is 0.494 e. The average molecular weight is 236 g/mol. The molecule has 0 fully saturated rings. The molecule has 17 heavy (non-hydrogen) atoms. The van der Waals surface area contributed by atoms with E-state index in [0.29, 0.717) is 12.6 Å². The maximum atomic E-state index is 5.89. The van der Waals surface area contributed by atoms with Gasteiger partial charge in [-0.05, 0) is 52.1 Å². The zero-order valence-electron chi connectivity index (χ0n) is 11.3. The van der Waals surface area contributed by atoms with E-state index in [1.807, 2.05) is 26.0 Å². The maximum Gasteiger partial charge on any atom is 0.119 e. The van der Waals surface area contributed by atoms with Gasteiger partial charge in [0, 0.05) is 12.1 Å². The number of hydrogen-bond donors (Lipinski definition) is 1. The van der Waals surface area contributed by atoms with Gasteiger partial charge in [0.05, 0.1) is 6.61 Å². The number of benzene rings is 1. The van der Waals surface area contributed by atoms with Crippen molar-refractivity contribution in [2.75, 3.05) is 20.7 Å². The van der Waals surface area contributed by atoms with E-state index in [0.717, 1.165) is 12.2 Å². The van der Waals surface area contributed by atoms with Gasteiger partial charge in [0.2, 0.25) is 0 Å². The number of nitrogens with zero attached hydrogens (tertiary/aromatic N) is 1. The Kier molecular flexibility index (Phi) is 5.45. The molecule has 3 heteroatoms. The Balaban J connectivity index is 2.80. The summed E-state index contributed by atoms with van der Waals surface area (Å²) in [6.07, 6.45) is 0.959. The first-order chi connectivity index (χ1) is 8.04. The molecule has 0 radical (unpaired) electrons. The smallest absolute Gasteiger partial charge is 0.119 e. The van der Waals surface area contributed by atoms with Crippen LogP contribution in [0.4, 0.5) is 0 Å². The SMILES string of the molecule is CCOc1ccc(C(CC(C)N)N(C)C)cc1. The van der Waals surface area contributed by atoms with Crippen LogP contribution in [0.5, 0.6) is 5.75 Å². The normalized spacial score (nSPS) is 14.7. The van der Waals surface area contributed by atoms with E-state index >= 15 is 0 Å². The first kappa shape index (κ1) is 14.0. The fraction of sp³-hybridized carbons (Fsp3) is 0.571. The van der Waals surface area contributed by atoms with Gasteiger partial charge in [-0.15, -0.1) is 0 Å². The predicted octanol–water partition coefficient (Wildman–Crippen LogP) is 2.43. The van der Waals surface area contributed by atoms with Crippen LogP contribution in [0.3, 0.4) is 0 Å². The highest BCUT2D eigenvalue weighted by Gasteiger charge is 2.15. The van der Waals surface area contributed by atoms with Crippen molar-refractivity contribution in [1.82, 2.24) is 4.90 Å². The van der Waals surface area contributed by atoms with Gasteiger partial charge >= 0.3 is 0 Å². The molecule has 2 atom stereocenters. The van der Waals surface area contributed by atoms with Gasteiger partial charge in [-0.1, -0.05) is 12.1 Å². The Morgan fingerprint density at radius 3 is 2.24 bits per heavy atom. The zero-order chi connectivity index (χ0) is 12.8. The van der Waals surface area contributed by atoms with Crippen LogP contribution in [-0.4, -0.2) is 31.6 Å². The highest BCUT2D eigenvalue weighted by Crippen LogP contribution is 2.25. The lowest BCUT2D eigenvalue weighted by Crippen LogP contribution is -2.27. The van der Waals surface area contributed by atoms with Crippen molar-refractivity contribution in [2.45, 2.75) is 32.4 Å². The Hall–Kier alpha value is -1.06. The molecule has 0 spiro atoms. The fourth-order valence-corrected chi connectivity index (χ4v) is 1.95.